The summed E-state index contributed by atoms with van der Waals surface area (Å²) in [7, 11) is 0. The first-order chi connectivity index (χ1) is 7.43. The Morgan fingerprint density at radius 2 is 2.06 bits per heavy atom. The predicted octanol–water partition coefficient (Wildman–Crippen LogP) is 1.70. The number of hydrogen-bond donors (Lipinski definition) is 2. The number of benzene rings is 1. The monoisotopic (exact) mass is 286 g/mol. The van der Waals surface area contributed by atoms with Gasteiger partial charge in [0.25, 0.3) is 0 Å². The number of aliphatic hydroxyl groups excluding tert-OH is 1. The van der Waals surface area contributed by atoms with Crippen LogP contribution in [0.5, 0.6) is 0 Å². The predicted molar refractivity (Wildman–Crippen MR) is 61.1 cm³/mol. The zero-order chi connectivity index (χ0) is 12.3. The molecule has 0 radical (unpaired) electrons. The lowest BCUT2D eigenvalue weighted by Crippen LogP contribution is -2.14. The molecule has 1 unspecified atom stereocenters. The van der Waals surface area contributed by atoms with Crippen molar-refractivity contribution in [2.45, 2.75) is 19.4 Å². The van der Waals surface area contributed by atoms with Crippen LogP contribution in [0.15, 0.2) is 22.7 Å². The maximum Gasteiger partial charge on any atom is 0.337 e. The van der Waals surface area contributed by atoms with Crippen LogP contribution in [-0.4, -0.2) is 22.0 Å². The highest BCUT2D eigenvalue weighted by Gasteiger charge is 2.21. The second kappa shape index (κ2) is 5.23. The smallest absolute Gasteiger partial charge is 0.337 e. The Hall–Kier alpha value is -1.20. The van der Waals surface area contributed by atoms with E-state index in [0.717, 1.165) is 0 Å². The average molecular weight is 287 g/mol. The summed E-state index contributed by atoms with van der Waals surface area (Å²) in [6.07, 6.45) is -1.51. The van der Waals surface area contributed by atoms with Gasteiger partial charge in [0.15, 0.2) is 6.10 Å². The molecule has 1 rings (SSSR count). The van der Waals surface area contributed by atoms with Crippen LogP contribution in [0.4, 0.5) is 0 Å². The van der Waals surface area contributed by atoms with Gasteiger partial charge in [-0.3, -0.25) is 4.79 Å². The van der Waals surface area contributed by atoms with Crippen LogP contribution in [0.25, 0.3) is 0 Å². The van der Waals surface area contributed by atoms with Crippen LogP contribution in [0.3, 0.4) is 0 Å². The molecule has 0 aliphatic heterocycles. The molecular weight excluding hydrogens is 276 g/mol. The van der Waals surface area contributed by atoms with Crippen LogP contribution >= 0.6 is 15.9 Å². The van der Waals surface area contributed by atoms with Gasteiger partial charge in [0.05, 0.1) is 0 Å². The number of Topliss-reactive ketones (excluding diaryl/α,β-unsaturated/α-hetero) is 1. The summed E-state index contributed by atoms with van der Waals surface area (Å²) in [5, 5.41) is 18.2. The molecule has 1 aromatic carbocycles. The first-order valence-corrected chi connectivity index (χ1v) is 5.40. The van der Waals surface area contributed by atoms with Gasteiger partial charge in [-0.15, -0.1) is 0 Å². The third-order valence-electron chi connectivity index (χ3n) is 2.11. The summed E-state index contributed by atoms with van der Waals surface area (Å²) in [4.78, 5) is 21.8. The molecule has 86 valence electrons. The van der Waals surface area contributed by atoms with Gasteiger partial charge in [-0.25, -0.2) is 4.79 Å². The van der Waals surface area contributed by atoms with Crippen molar-refractivity contribution in [3.63, 3.8) is 0 Å². The second-order valence-electron chi connectivity index (χ2n) is 3.43. The summed E-state index contributed by atoms with van der Waals surface area (Å²) in [6, 6.07) is 4.83. The number of aliphatic hydroxyl groups is 1. The van der Waals surface area contributed by atoms with Crippen LogP contribution < -0.4 is 0 Å². The van der Waals surface area contributed by atoms with Crippen LogP contribution in [0.1, 0.15) is 24.2 Å². The molecule has 0 saturated carbocycles. The van der Waals surface area contributed by atoms with Crippen molar-refractivity contribution in [3.8, 4) is 0 Å². The van der Waals surface area contributed by atoms with Crippen molar-refractivity contribution in [1.82, 2.24) is 0 Å². The number of hydrogen-bond acceptors (Lipinski definition) is 3. The molecule has 1 atom stereocenters. The van der Waals surface area contributed by atoms with Gasteiger partial charge in [0, 0.05) is 10.9 Å². The number of carbonyl (C=O) groups is 2. The SMILES string of the molecule is CC(=O)Cc1c(Br)cccc1C(O)C(=O)O. The number of rotatable bonds is 4. The fourth-order valence-electron chi connectivity index (χ4n) is 1.40. The highest BCUT2D eigenvalue weighted by molar-refractivity contribution is 9.10. The minimum Gasteiger partial charge on any atom is -0.479 e. The molecule has 0 heterocycles. The first-order valence-electron chi connectivity index (χ1n) is 4.61. The molecule has 5 heteroatoms. The minimum absolute atomic E-state index is 0.0919. The summed E-state index contributed by atoms with van der Waals surface area (Å²) in [5.74, 6) is -1.42. The number of aliphatic carboxylic acids is 1. The van der Waals surface area contributed by atoms with E-state index in [1.54, 1.807) is 12.1 Å². The number of carboxylic acids is 1. The zero-order valence-corrected chi connectivity index (χ0v) is 10.2. The van der Waals surface area contributed by atoms with Gasteiger partial charge in [-0.05, 0) is 24.1 Å². The molecular formula is C11H11BrO4. The average Bonchev–Trinajstić information content (AvgIpc) is 2.19. The first kappa shape index (κ1) is 12.9. The molecule has 1 aromatic rings. The lowest BCUT2D eigenvalue weighted by Gasteiger charge is -2.12. The van der Waals surface area contributed by atoms with Crippen LogP contribution in [-0.2, 0) is 16.0 Å². The van der Waals surface area contributed by atoms with Gasteiger partial charge in [-0.2, -0.15) is 0 Å². The molecule has 2 N–H and O–H groups in total. The third kappa shape index (κ3) is 2.90. The highest BCUT2D eigenvalue weighted by Crippen LogP contribution is 2.26. The van der Waals surface area contributed by atoms with Crippen molar-refractivity contribution < 1.29 is 19.8 Å². The molecule has 0 aromatic heterocycles. The Morgan fingerprint density at radius 1 is 1.44 bits per heavy atom. The molecule has 0 fully saturated rings. The standard InChI is InChI=1S/C11H11BrO4/c1-6(13)5-8-7(10(14)11(15)16)3-2-4-9(8)12/h2-4,10,14H,5H2,1H3,(H,15,16). The number of carbonyl (C=O) groups excluding carboxylic acids is 1. The molecule has 4 nitrogen and oxygen atoms in total. The van der Waals surface area contributed by atoms with Crippen molar-refractivity contribution in [3.05, 3.63) is 33.8 Å². The maximum atomic E-state index is 11.1. The van der Waals surface area contributed by atoms with Crippen LogP contribution in [0, 0.1) is 0 Å². The quantitative estimate of drug-likeness (QED) is 0.883. The number of carboxylic acid groups (broad SMARTS) is 1. The van der Waals surface area contributed by atoms with Crippen molar-refractivity contribution in [1.29, 1.82) is 0 Å². The second-order valence-corrected chi connectivity index (χ2v) is 4.28. The zero-order valence-electron chi connectivity index (χ0n) is 8.61. The van der Waals surface area contributed by atoms with Gasteiger partial charge in [0.1, 0.15) is 5.78 Å². The summed E-state index contributed by atoms with van der Waals surface area (Å²) < 4.78 is 0.625. The topological polar surface area (TPSA) is 74.6 Å². The Labute approximate surface area is 101 Å². The molecule has 0 aliphatic carbocycles. The van der Waals surface area contributed by atoms with E-state index in [9.17, 15) is 14.7 Å². The van der Waals surface area contributed by atoms with Gasteiger partial charge < -0.3 is 10.2 Å². The Kier molecular flexibility index (Phi) is 4.20. The Morgan fingerprint density at radius 3 is 2.56 bits per heavy atom. The number of ketones is 1. The molecule has 0 bridgehead atoms. The van der Waals surface area contributed by atoms with E-state index in [-0.39, 0.29) is 17.8 Å². The van der Waals surface area contributed by atoms with Gasteiger partial charge >= 0.3 is 5.97 Å². The normalized spacial score (nSPS) is 12.2. The number of halogens is 1. The maximum absolute atomic E-state index is 11.1. The Balaban J connectivity index is 3.22. The van der Waals surface area contributed by atoms with E-state index < -0.39 is 12.1 Å². The summed E-state index contributed by atoms with van der Waals surface area (Å²) in [6.45, 7) is 1.41. The van der Waals surface area contributed by atoms with Crippen molar-refractivity contribution in [2.75, 3.05) is 0 Å². The van der Waals surface area contributed by atoms with E-state index in [2.05, 4.69) is 15.9 Å². The molecule has 16 heavy (non-hydrogen) atoms. The van der Waals surface area contributed by atoms with E-state index in [1.807, 2.05) is 0 Å². The molecule has 0 aliphatic rings. The lowest BCUT2D eigenvalue weighted by atomic mass is 9.98. The van der Waals surface area contributed by atoms with E-state index in [1.165, 1.54) is 13.0 Å². The molecule has 0 spiro atoms. The summed E-state index contributed by atoms with van der Waals surface area (Å²) in [5.41, 5.74) is 0.766. The molecule has 0 amide bonds. The largest absolute Gasteiger partial charge is 0.479 e. The fourth-order valence-corrected chi connectivity index (χ4v) is 1.92. The van der Waals surface area contributed by atoms with Crippen molar-refractivity contribution in [2.24, 2.45) is 0 Å². The lowest BCUT2D eigenvalue weighted by molar-refractivity contribution is -0.147. The molecule has 0 saturated heterocycles. The fraction of sp³-hybridized carbons (Fsp3) is 0.273. The van der Waals surface area contributed by atoms with E-state index in [4.69, 9.17) is 5.11 Å². The van der Waals surface area contributed by atoms with Gasteiger partial charge in [0.2, 0.25) is 0 Å². The van der Waals surface area contributed by atoms with Crippen LogP contribution in [0.2, 0.25) is 0 Å². The Bertz CT molecular complexity index is 428. The summed E-state index contributed by atoms with van der Waals surface area (Å²) >= 11 is 3.24. The van der Waals surface area contributed by atoms with Gasteiger partial charge in [-0.1, -0.05) is 28.1 Å². The highest BCUT2D eigenvalue weighted by atomic mass is 79.9. The van der Waals surface area contributed by atoms with E-state index in [0.29, 0.717) is 10.0 Å². The minimum atomic E-state index is -1.60. The van der Waals surface area contributed by atoms with E-state index >= 15 is 0 Å². The van der Waals surface area contributed by atoms with Crippen molar-refractivity contribution >= 4 is 27.7 Å². The third-order valence-corrected chi connectivity index (χ3v) is 2.85.